The highest BCUT2D eigenvalue weighted by atomic mass is 35.5. The molecule has 1 amide bonds. The van der Waals surface area contributed by atoms with Gasteiger partial charge in [-0.2, -0.15) is 0 Å². The highest BCUT2D eigenvalue weighted by Gasteiger charge is 2.25. The summed E-state index contributed by atoms with van der Waals surface area (Å²) in [6.45, 7) is 1.68. The molecular formula is C14H18ClNO6S. The summed E-state index contributed by atoms with van der Waals surface area (Å²) in [6, 6.07) is 2.85. The molecule has 0 spiro atoms. The van der Waals surface area contributed by atoms with Gasteiger partial charge in [-0.3, -0.25) is 4.79 Å². The molecule has 0 radical (unpaired) electrons. The van der Waals surface area contributed by atoms with Crippen LogP contribution >= 0.6 is 11.6 Å². The zero-order valence-corrected chi connectivity index (χ0v) is 14.3. The van der Waals surface area contributed by atoms with Crippen molar-refractivity contribution < 1.29 is 27.9 Å². The van der Waals surface area contributed by atoms with E-state index in [-0.39, 0.29) is 16.3 Å². The van der Waals surface area contributed by atoms with Crippen molar-refractivity contribution in [1.29, 1.82) is 0 Å². The number of amides is 1. The Kier molecular flexibility index (Phi) is 6.83. The maximum Gasteiger partial charge on any atom is 0.330 e. The van der Waals surface area contributed by atoms with Crippen molar-refractivity contribution in [2.75, 3.05) is 18.6 Å². The van der Waals surface area contributed by atoms with Gasteiger partial charge in [0.25, 0.3) is 0 Å². The molecule has 0 heterocycles. The average molecular weight is 364 g/mol. The maximum atomic E-state index is 11.8. The quantitative estimate of drug-likeness (QED) is 0.722. The molecule has 9 heteroatoms. The van der Waals surface area contributed by atoms with E-state index < -0.39 is 33.5 Å². The van der Waals surface area contributed by atoms with Crippen LogP contribution < -0.4 is 10.1 Å². The second kappa shape index (κ2) is 8.16. The molecule has 1 aromatic rings. The number of carboxylic acids is 1. The zero-order valence-electron chi connectivity index (χ0n) is 12.7. The molecule has 1 aromatic carbocycles. The first-order valence-corrected chi connectivity index (χ1v) is 8.96. The van der Waals surface area contributed by atoms with E-state index in [1.807, 2.05) is 0 Å². The minimum Gasteiger partial charge on any atom is -0.495 e. The number of methoxy groups -OCH3 is 1. The van der Waals surface area contributed by atoms with Gasteiger partial charge in [0.05, 0.1) is 17.9 Å². The number of ether oxygens (including phenoxy) is 1. The van der Waals surface area contributed by atoms with Gasteiger partial charge in [0, 0.05) is 0 Å². The third kappa shape index (κ3) is 5.72. The van der Waals surface area contributed by atoms with Crippen LogP contribution in [0.2, 0.25) is 5.02 Å². The molecule has 0 saturated heterocycles. The van der Waals surface area contributed by atoms with E-state index in [9.17, 15) is 23.1 Å². The molecule has 2 N–H and O–H groups in total. The number of hydrogen-bond acceptors (Lipinski definition) is 5. The van der Waals surface area contributed by atoms with Gasteiger partial charge in [-0.15, -0.1) is 0 Å². The Balaban J connectivity index is 2.94. The first kappa shape index (κ1) is 19.2. The van der Waals surface area contributed by atoms with Crippen LogP contribution in [0.1, 0.15) is 24.9 Å². The van der Waals surface area contributed by atoms with Crippen molar-refractivity contribution in [3.63, 3.8) is 0 Å². The Bertz CT molecular complexity index is 689. The van der Waals surface area contributed by atoms with Crippen molar-refractivity contribution in [1.82, 2.24) is 5.32 Å². The number of halogens is 1. The lowest BCUT2D eigenvalue weighted by Crippen LogP contribution is -2.37. The molecule has 1 rings (SSSR count). The molecule has 0 aromatic heterocycles. The van der Waals surface area contributed by atoms with Gasteiger partial charge in [-0.25, -0.2) is 13.2 Å². The standard InChI is InChI=1S/C14H18ClNO6S/c1-3-6-23(20,21)8-12(17)16-13(14(18)19)9-4-5-11(22-2)10(15)7-9/h4-5,7,13H,3,6,8H2,1-2H3,(H,16,17)(H,18,19). The minimum atomic E-state index is -3.55. The van der Waals surface area contributed by atoms with Crippen LogP contribution in [0.15, 0.2) is 18.2 Å². The smallest absolute Gasteiger partial charge is 0.330 e. The van der Waals surface area contributed by atoms with Gasteiger partial charge in [0.2, 0.25) is 5.91 Å². The average Bonchev–Trinajstić information content (AvgIpc) is 2.43. The lowest BCUT2D eigenvalue weighted by atomic mass is 10.1. The number of carbonyl (C=O) groups excluding carboxylic acids is 1. The summed E-state index contributed by atoms with van der Waals surface area (Å²) in [7, 11) is -2.14. The van der Waals surface area contributed by atoms with Crippen LogP contribution in [0.3, 0.4) is 0 Å². The van der Waals surface area contributed by atoms with Crippen molar-refractivity contribution >= 4 is 33.3 Å². The van der Waals surface area contributed by atoms with Gasteiger partial charge in [-0.05, 0) is 24.1 Å². The number of benzene rings is 1. The predicted molar refractivity (Wildman–Crippen MR) is 85.5 cm³/mol. The normalized spacial score (nSPS) is 12.5. The van der Waals surface area contributed by atoms with Crippen LogP contribution in [0.5, 0.6) is 5.75 Å². The summed E-state index contributed by atoms with van der Waals surface area (Å²) in [4.78, 5) is 23.2. The van der Waals surface area contributed by atoms with E-state index in [0.29, 0.717) is 12.2 Å². The Labute approximate surface area is 139 Å². The third-order valence-electron chi connectivity index (χ3n) is 2.93. The van der Waals surface area contributed by atoms with Crippen molar-refractivity contribution in [2.45, 2.75) is 19.4 Å². The van der Waals surface area contributed by atoms with Crippen LogP contribution in [-0.2, 0) is 19.4 Å². The van der Waals surface area contributed by atoms with Crippen LogP contribution in [0.4, 0.5) is 0 Å². The SMILES string of the molecule is CCCS(=O)(=O)CC(=O)NC(C(=O)O)c1ccc(OC)c(Cl)c1. The van der Waals surface area contributed by atoms with Gasteiger partial charge in [0.15, 0.2) is 15.9 Å². The minimum absolute atomic E-state index is 0.132. The first-order valence-electron chi connectivity index (χ1n) is 6.76. The van der Waals surface area contributed by atoms with Gasteiger partial charge in [-0.1, -0.05) is 24.6 Å². The second-order valence-electron chi connectivity index (χ2n) is 4.82. The lowest BCUT2D eigenvalue weighted by Gasteiger charge is -2.16. The summed E-state index contributed by atoms with van der Waals surface area (Å²) < 4.78 is 28.2. The number of rotatable bonds is 8. The van der Waals surface area contributed by atoms with E-state index in [1.54, 1.807) is 6.92 Å². The molecule has 0 aliphatic rings. The molecular weight excluding hydrogens is 346 g/mol. The Morgan fingerprint density at radius 2 is 2.04 bits per heavy atom. The number of sulfone groups is 1. The molecule has 7 nitrogen and oxygen atoms in total. The summed E-state index contributed by atoms with van der Waals surface area (Å²) in [5, 5.41) is 11.6. The maximum absolute atomic E-state index is 11.8. The third-order valence-corrected chi connectivity index (χ3v) is 4.96. The van der Waals surface area contributed by atoms with Crippen molar-refractivity contribution in [2.24, 2.45) is 0 Å². The van der Waals surface area contributed by atoms with Crippen LogP contribution in [0.25, 0.3) is 0 Å². The summed E-state index contributed by atoms with van der Waals surface area (Å²) in [5.74, 6) is -2.73. The summed E-state index contributed by atoms with van der Waals surface area (Å²) >= 11 is 5.94. The molecule has 23 heavy (non-hydrogen) atoms. The Hall–Kier alpha value is -1.80. The number of nitrogens with one attached hydrogen (secondary N) is 1. The van der Waals surface area contributed by atoms with E-state index in [0.717, 1.165) is 0 Å². The van der Waals surface area contributed by atoms with Gasteiger partial charge >= 0.3 is 5.97 Å². The topological polar surface area (TPSA) is 110 Å². The molecule has 0 saturated carbocycles. The van der Waals surface area contributed by atoms with Gasteiger partial charge in [0.1, 0.15) is 11.5 Å². The van der Waals surface area contributed by atoms with Crippen molar-refractivity contribution in [3.8, 4) is 5.75 Å². The van der Waals surface area contributed by atoms with Crippen LogP contribution in [-0.4, -0.2) is 44.0 Å². The van der Waals surface area contributed by atoms with Crippen molar-refractivity contribution in [3.05, 3.63) is 28.8 Å². The monoisotopic (exact) mass is 363 g/mol. The molecule has 128 valence electrons. The fourth-order valence-electron chi connectivity index (χ4n) is 1.94. The molecule has 0 aliphatic heterocycles. The highest BCUT2D eigenvalue weighted by molar-refractivity contribution is 7.92. The van der Waals surface area contributed by atoms with Gasteiger partial charge < -0.3 is 15.2 Å². The molecule has 1 unspecified atom stereocenters. The number of carbonyl (C=O) groups is 2. The highest BCUT2D eigenvalue weighted by Crippen LogP contribution is 2.27. The number of aliphatic carboxylic acids is 1. The fraction of sp³-hybridized carbons (Fsp3) is 0.429. The van der Waals surface area contributed by atoms with E-state index >= 15 is 0 Å². The largest absolute Gasteiger partial charge is 0.495 e. The van der Waals surface area contributed by atoms with E-state index in [1.165, 1.54) is 25.3 Å². The molecule has 1 atom stereocenters. The van der Waals surface area contributed by atoms with E-state index in [2.05, 4.69) is 5.32 Å². The Morgan fingerprint density at radius 1 is 1.39 bits per heavy atom. The zero-order chi connectivity index (χ0) is 17.6. The number of carboxylic acid groups (broad SMARTS) is 1. The van der Waals surface area contributed by atoms with Crippen LogP contribution in [0, 0.1) is 0 Å². The summed E-state index contributed by atoms with van der Waals surface area (Å²) in [5.41, 5.74) is 0.213. The Morgan fingerprint density at radius 3 is 2.52 bits per heavy atom. The molecule has 0 fully saturated rings. The lowest BCUT2D eigenvalue weighted by molar-refractivity contribution is -0.141. The molecule has 0 bridgehead atoms. The molecule has 0 aliphatic carbocycles. The predicted octanol–water partition coefficient (Wildman–Crippen LogP) is 1.42. The number of hydrogen-bond donors (Lipinski definition) is 2. The van der Waals surface area contributed by atoms with E-state index in [4.69, 9.17) is 16.3 Å². The second-order valence-corrected chi connectivity index (χ2v) is 7.42. The summed E-state index contributed by atoms with van der Waals surface area (Å²) in [6.07, 6.45) is 0.381. The first-order chi connectivity index (χ1) is 10.7. The fourth-order valence-corrected chi connectivity index (χ4v) is 3.45.